The lowest BCUT2D eigenvalue weighted by Crippen LogP contribution is -2.52. The fraction of sp³-hybridized carbons (Fsp3) is 0.650. The van der Waals surface area contributed by atoms with E-state index < -0.39 is 5.60 Å². The second-order valence-electron chi connectivity index (χ2n) is 7.50. The third kappa shape index (κ3) is 8.93. The first-order chi connectivity index (χ1) is 12.9. The number of rotatable bonds is 8. The molecule has 2 rings (SSSR count). The fourth-order valence-electron chi connectivity index (χ4n) is 2.98. The Morgan fingerprint density at radius 3 is 2.43 bits per heavy atom. The van der Waals surface area contributed by atoms with Gasteiger partial charge < -0.3 is 25.4 Å². The summed E-state index contributed by atoms with van der Waals surface area (Å²) in [5.41, 5.74) is 1.49. The molecule has 1 aliphatic rings. The van der Waals surface area contributed by atoms with E-state index in [-0.39, 0.29) is 24.0 Å². The van der Waals surface area contributed by atoms with Gasteiger partial charge in [0.15, 0.2) is 5.96 Å². The van der Waals surface area contributed by atoms with Crippen LogP contribution in [-0.4, -0.2) is 81.6 Å². The largest absolute Gasteiger partial charge is 0.387 e. The molecule has 0 bridgehead atoms. The molecule has 0 aromatic heterocycles. The number of aliphatic imine (C=N–C) groups is 1. The normalized spacial score (nSPS) is 17.4. The summed E-state index contributed by atoms with van der Waals surface area (Å²) < 4.78 is 5.37. The van der Waals surface area contributed by atoms with Crippen molar-refractivity contribution < 1.29 is 9.84 Å². The maximum absolute atomic E-state index is 10.7. The highest BCUT2D eigenvalue weighted by Crippen LogP contribution is 2.13. The number of ether oxygens (including phenoxy) is 1. The van der Waals surface area contributed by atoms with Crippen molar-refractivity contribution in [1.82, 2.24) is 15.5 Å². The van der Waals surface area contributed by atoms with Crippen molar-refractivity contribution in [3.8, 4) is 0 Å². The van der Waals surface area contributed by atoms with E-state index in [1.165, 1.54) is 5.69 Å². The van der Waals surface area contributed by atoms with E-state index in [9.17, 15) is 5.11 Å². The molecule has 1 unspecified atom stereocenters. The highest BCUT2D eigenvalue weighted by molar-refractivity contribution is 14.0. The van der Waals surface area contributed by atoms with Crippen LogP contribution in [0.1, 0.15) is 19.4 Å². The zero-order valence-corrected chi connectivity index (χ0v) is 19.9. The molecule has 160 valence electrons. The first kappa shape index (κ1) is 24.9. The van der Waals surface area contributed by atoms with Crippen LogP contribution in [0.3, 0.4) is 0 Å². The molecule has 7 nitrogen and oxygen atoms in total. The van der Waals surface area contributed by atoms with Crippen LogP contribution in [0.5, 0.6) is 0 Å². The van der Waals surface area contributed by atoms with Crippen molar-refractivity contribution in [2.45, 2.75) is 26.0 Å². The SMILES string of the molecule is CCNC(=NCc1ccc(N(C)C)cc1)NCC(C)(O)CN1CCOCC1.I. The summed E-state index contributed by atoms with van der Waals surface area (Å²) in [4.78, 5) is 8.96. The lowest BCUT2D eigenvalue weighted by atomic mass is 10.1. The maximum atomic E-state index is 10.7. The number of guanidine groups is 1. The Kier molecular flexibility index (Phi) is 11.1. The average Bonchev–Trinajstić information content (AvgIpc) is 2.65. The average molecular weight is 505 g/mol. The lowest BCUT2D eigenvalue weighted by Gasteiger charge is -2.34. The van der Waals surface area contributed by atoms with E-state index in [0.29, 0.717) is 19.6 Å². The maximum Gasteiger partial charge on any atom is 0.191 e. The molecule has 0 spiro atoms. The summed E-state index contributed by atoms with van der Waals surface area (Å²) in [6.07, 6.45) is 0. The quantitative estimate of drug-likeness (QED) is 0.283. The minimum atomic E-state index is -0.832. The molecule has 0 saturated carbocycles. The van der Waals surface area contributed by atoms with Crippen LogP contribution >= 0.6 is 24.0 Å². The van der Waals surface area contributed by atoms with Gasteiger partial charge in [-0.2, -0.15) is 0 Å². The summed E-state index contributed by atoms with van der Waals surface area (Å²) in [6, 6.07) is 8.38. The summed E-state index contributed by atoms with van der Waals surface area (Å²) >= 11 is 0. The molecule has 8 heteroatoms. The number of anilines is 1. The highest BCUT2D eigenvalue weighted by atomic mass is 127. The van der Waals surface area contributed by atoms with E-state index in [2.05, 4.69) is 49.7 Å². The van der Waals surface area contributed by atoms with Crippen molar-refractivity contribution in [3.05, 3.63) is 29.8 Å². The van der Waals surface area contributed by atoms with Crippen LogP contribution in [0.2, 0.25) is 0 Å². The Morgan fingerprint density at radius 2 is 1.86 bits per heavy atom. The molecular weight excluding hydrogens is 469 g/mol. The van der Waals surface area contributed by atoms with E-state index in [4.69, 9.17) is 4.74 Å². The summed E-state index contributed by atoms with van der Waals surface area (Å²) in [6.45, 7) is 9.53. The van der Waals surface area contributed by atoms with Gasteiger partial charge in [-0.15, -0.1) is 24.0 Å². The number of morpholine rings is 1. The minimum Gasteiger partial charge on any atom is -0.387 e. The predicted octanol–water partition coefficient (Wildman–Crippen LogP) is 1.51. The van der Waals surface area contributed by atoms with Crippen LogP contribution in [0, 0.1) is 0 Å². The summed E-state index contributed by atoms with van der Waals surface area (Å²) in [5.74, 6) is 0.719. The molecule has 1 aromatic carbocycles. The third-order valence-electron chi connectivity index (χ3n) is 4.52. The standard InChI is InChI=1S/C20H35N5O2.HI/c1-5-21-19(22-14-17-6-8-18(9-7-17)24(3)4)23-15-20(2,26)16-25-10-12-27-13-11-25;/h6-9,26H,5,10-16H2,1-4H3,(H2,21,22,23);1H. The second kappa shape index (κ2) is 12.5. The molecule has 1 saturated heterocycles. The van der Waals surface area contributed by atoms with Gasteiger partial charge in [0, 0.05) is 52.5 Å². The van der Waals surface area contributed by atoms with Gasteiger partial charge in [0.05, 0.1) is 25.4 Å². The number of β-amino-alcohol motifs (C(OH)–C–C–N with tert-alkyl or cyclic N) is 1. The molecular formula is C20H36IN5O2. The molecule has 1 heterocycles. The Morgan fingerprint density at radius 1 is 1.21 bits per heavy atom. The Bertz CT molecular complexity index is 587. The number of nitrogens with one attached hydrogen (secondary N) is 2. The zero-order chi connectivity index (χ0) is 19.7. The van der Waals surface area contributed by atoms with E-state index in [1.54, 1.807) is 0 Å². The van der Waals surface area contributed by atoms with Crippen LogP contribution in [0.15, 0.2) is 29.3 Å². The number of aliphatic hydroxyl groups is 1. The molecule has 1 fully saturated rings. The van der Waals surface area contributed by atoms with Crippen molar-refractivity contribution in [2.24, 2.45) is 4.99 Å². The second-order valence-corrected chi connectivity index (χ2v) is 7.50. The van der Waals surface area contributed by atoms with Crippen molar-refractivity contribution in [2.75, 3.05) is 64.9 Å². The van der Waals surface area contributed by atoms with E-state index >= 15 is 0 Å². The molecule has 1 atom stereocenters. The monoisotopic (exact) mass is 505 g/mol. The van der Waals surface area contributed by atoms with Crippen LogP contribution < -0.4 is 15.5 Å². The molecule has 28 heavy (non-hydrogen) atoms. The number of hydrogen-bond donors (Lipinski definition) is 3. The van der Waals surface area contributed by atoms with Gasteiger partial charge >= 0.3 is 0 Å². The number of nitrogens with zero attached hydrogens (tertiary/aromatic N) is 3. The molecule has 1 aromatic rings. The summed E-state index contributed by atoms with van der Waals surface area (Å²) in [7, 11) is 4.06. The van der Waals surface area contributed by atoms with Crippen LogP contribution in [0.4, 0.5) is 5.69 Å². The number of benzene rings is 1. The van der Waals surface area contributed by atoms with Crippen molar-refractivity contribution >= 4 is 35.6 Å². The topological polar surface area (TPSA) is 72.4 Å². The van der Waals surface area contributed by atoms with Gasteiger partial charge in [0.1, 0.15) is 0 Å². The van der Waals surface area contributed by atoms with Crippen molar-refractivity contribution in [1.29, 1.82) is 0 Å². The number of hydrogen-bond acceptors (Lipinski definition) is 5. The first-order valence-corrected chi connectivity index (χ1v) is 9.70. The van der Waals surface area contributed by atoms with Crippen LogP contribution in [0.25, 0.3) is 0 Å². The smallest absolute Gasteiger partial charge is 0.191 e. The van der Waals surface area contributed by atoms with Gasteiger partial charge in [-0.3, -0.25) is 4.90 Å². The molecule has 0 aliphatic carbocycles. The van der Waals surface area contributed by atoms with Gasteiger partial charge in [0.25, 0.3) is 0 Å². The fourth-order valence-corrected chi connectivity index (χ4v) is 2.98. The van der Waals surface area contributed by atoms with E-state index in [1.807, 2.05) is 27.9 Å². The highest BCUT2D eigenvalue weighted by Gasteiger charge is 2.25. The lowest BCUT2D eigenvalue weighted by molar-refractivity contribution is -0.0201. The number of halogens is 1. The minimum absolute atomic E-state index is 0. The van der Waals surface area contributed by atoms with Gasteiger partial charge in [-0.25, -0.2) is 4.99 Å². The molecule has 0 amide bonds. The van der Waals surface area contributed by atoms with Crippen LogP contribution in [-0.2, 0) is 11.3 Å². The predicted molar refractivity (Wildman–Crippen MR) is 127 cm³/mol. The van der Waals surface area contributed by atoms with Crippen molar-refractivity contribution in [3.63, 3.8) is 0 Å². The first-order valence-electron chi connectivity index (χ1n) is 9.70. The Labute approximate surface area is 186 Å². The Balaban J connectivity index is 0.00000392. The molecule has 1 aliphatic heterocycles. The van der Waals surface area contributed by atoms with E-state index in [0.717, 1.165) is 44.4 Å². The molecule has 3 N–H and O–H groups in total. The van der Waals surface area contributed by atoms with Gasteiger partial charge in [-0.05, 0) is 31.5 Å². The van der Waals surface area contributed by atoms with Gasteiger partial charge in [0.2, 0.25) is 0 Å². The Hall–Kier alpha value is -1.10. The summed E-state index contributed by atoms with van der Waals surface area (Å²) in [5, 5.41) is 17.2. The van der Waals surface area contributed by atoms with Gasteiger partial charge in [-0.1, -0.05) is 12.1 Å². The zero-order valence-electron chi connectivity index (χ0n) is 17.6. The molecule has 0 radical (unpaired) electrons. The third-order valence-corrected chi connectivity index (χ3v) is 4.52.